The fourth-order valence-electron chi connectivity index (χ4n) is 2.62. The first-order chi connectivity index (χ1) is 9.31. The molecule has 0 bridgehead atoms. The molecule has 102 valence electrons. The van der Waals surface area contributed by atoms with Crippen molar-refractivity contribution in [1.82, 2.24) is 4.90 Å². The molecule has 1 aromatic carbocycles. The van der Waals surface area contributed by atoms with E-state index in [1.54, 1.807) is 0 Å². The van der Waals surface area contributed by atoms with Crippen molar-refractivity contribution in [1.29, 1.82) is 5.26 Å². The number of hydrogen-bond donors (Lipinski definition) is 0. The Morgan fingerprint density at radius 2 is 2.11 bits per heavy atom. The van der Waals surface area contributed by atoms with Crippen molar-refractivity contribution in [3.63, 3.8) is 0 Å². The minimum atomic E-state index is 0.302. The van der Waals surface area contributed by atoms with E-state index in [1.807, 2.05) is 6.07 Å². The summed E-state index contributed by atoms with van der Waals surface area (Å²) in [5, 5.41) is 8.59. The first-order valence-electron chi connectivity index (χ1n) is 7.09. The van der Waals surface area contributed by atoms with E-state index in [0.29, 0.717) is 18.6 Å². The van der Waals surface area contributed by atoms with E-state index in [4.69, 9.17) is 10.00 Å². The van der Waals surface area contributed by atoms with Gasteiger partial charge in [0, 0.05) is 13.0 Å². The molecule has 1 fully saturated rings. The lowest BCUT2D eigenvalue weighted by atomic mass is 10.0. The summed E-state index contributed by atoms with van der Waals surface area (Å²) in [6, 6.07) is 13.1. The van der Waals surface area contributed by atoms with E-state index >= 15 is 0 Å². The molecule has 0 radical (unpaired) electrons. The second-order valence-electron chi connectivity index (χ2n) is 5.18. The van der Waals surface area contributed by atoms with Crippen molar-refractivity contribution in [2.45, 2.75) is 38.3 Å². The molecule has 0 spiro atoms. The molecule has 1 aliphatic heterocycles. The maximum atomic E-state index is 8.59. The lowest BCUT2D eigenvalue weighted by Gasteiger charge is -2.39. The van der Waals surface area contributed by atoms with E-state index in [1.165, 1.54) is 5.56 Å². The van der Waals surface area contributed by atoms with Gasteiger partial charge in [0.25, 0.3) is 0 Å². The molecule has 3 nitrogen and oxygen atoms in total. The van der Waals surface area contributed by atoms with Gasteiger partial charge in [-0.1, -0.05) is 30.3 Å². The highest BCUT2D eigenvalue weighted by Crippen LogP contribution is 2.26. The molecule has 0 amide bonds. The van der Waals surface area contributed by atoms with Gasteiger partial charge in [-0.2, -0.15) is 5.26 Å². The molecule has 19 heavy (non-hydrogen) atoms. The average Bonchev–Trinajstić information content (AvgIpc) is 2.45. The van der Waals surface area contributed by atoms with Crippen LogP contribution in [0.25, 0.3) is 0 Å². The standard InChI is InChI=1S/C16H22N2O/c1-14-12-18(11-7-3-6-10-17)16(13-19-14)15-8-4-2-5-9-15/h2,4-5,8-9,14,16H,3,6-7,11-13H2,1H3/t14-,16-/m0/s1. The number of ether oxygens (including phenoxy) is 1. The molecule has 0 aliphatic carbocycles. The molecular formula is C16H22N2O. The molecule has 0 saturated carbocycles. The van der Waals surface area contributed by atoms with E-state index < -0.39 is 0 Å². The number of benzene rings is 1. The van der Waals surface area contributed by atoms with Crippen LogP contribution in [0.2, 0.25) is 0 Å². The second-order valence-corrected chi connectivity index (χ2v) is 5.18. The van der Waals surface area contributed by atoms with Crippen LogP contribution in [-0.4, -0.2) is 30.7 Å². The Labute approximate surface area is 115 Å². The van der Waals surface area contributed by atoms with E-state index in [9.17, 15) is 0 Å². The Hall–Kier alpha value is -1.37. The minimum absolute atomic E-state index is 0.302. The molecule has 2 atom stereocenters. The van der Waals surface area contributed by atoms with E-state index in [2.05, 4.69) is 42.2 Å². The number of morpholine rings is 1. The fourth-order valence-corrected chi connectivity index (χ4v) is 2.62. The Bertz CT molecular complexity index is 413. The Morgan fingerprint density at radius 3 is 2.84 bits per heavy atom. The van der Waals surface area contributed by atoms with Crippen molar-refractivity contribution >= 4 is 0 Å². The van der Waals surface area contributed by atoms with Gasteiger partial charge in [0.1, 0.15) is 0 Å². The molecule has 1 aromatic rings. The van der Waals surface area contributed by atoms with Crippen LogP contribution >= 0.6 is 0 Å². The van der Waals surface area contributed by atoms with Gasteiger partial charge in [0.05, 0.1) is 24.8 Å². The summed E-state index contributed by atoms with van der Waals surface area (Å²) in [7, 11) is 0. The lowest BCUT2D eigenvalue weighted by Crippen LogP contribution is -2.43. The molecule has 0 unspecified atom stereocenters. The van der Waals surface area contributed by atoms with Gasteiger partial charge >= 0.3 is 0 Å². The SMILES string of the molecule is C[C@H]1CN(CCCCC#N)[C@H](c2ccccc2)CO1. The Balaban J connectivity index is 1.97. The normalized spacial score (nSPS) is 24.0. The van der Waals surface area contributed by atoms with E-state index in [0.717, 1.165) is 32.5 Å². The van der Waals surface area contributed by atoms with Crippen LogP contribution < -0.4 is 0 Å². The van der Waals surface area contributed by atoms with Gasteiger partial charge in [0.2, 0.25) is 0 Å². The van der Waals surface area contributed by atoms with Gasteiger partial charge in [-0.3, -0.25) is 4.90 Å². The van der Waals surface area contributed by atoms with Crippen molar-refractivity contribution < 1.29 is 4.74 Å². The highest BCUT2D eigenvalue weighted by Gasteiger charge is 2.27. The molecule has 2 rings (SSSR count). The molecule has 3 heteroatoms. The van der Waals surface area contributed by atoms with Gasteiger partial charge in [-0.15, -0.1) is 0 Å². The van der Waals surface area contributed by atoms with Crippen LogP contribution in [0.4, 0.5) is 0 Å². The van der Waals surface area contributed by atoms with Crippen molar-refractivity contribution in [3.05, 3.63) is 35.9 Å². The third kappa shape index (κ3) is 4.05. The summed E-state index contributed by atoms with van der Waals surface area (Å²) in [6.45, 7) is 4.92. The van der Waals surface area contributed by atoms with E-state index in [-0.39, 0.29) is 0 Å². The van der Waals surface area contributed by atoms with Crippen molar-refractivity contribution in [3.8, 4) is 6.07 Å². The van der Waals surface area contributed by atoms with Gasteiger partial charge < -0.3 is 4.74 Å². The van der Waals surface area contributed by atoms with Crippen LogP contribution in [0, 0.1) is 11.3 Å². The third-order valence-electron chi connectivity index (χ3n) is 3.64. The number of hydrogen-bond acceptors (Lipinski definition) is 3. The Kier molecular flexibility index (Phi) is 5.38. The fraction of sp³-hybridized carbons (Fsp3) is 0.562. The summed E-state index contributed by atoms with van der Waals surface area (Å²) in [6.07, 6.45) is 3.04. The predicted molar refractivity (Wildman–Crippen MR) is 75.6 cm³/mol. The molecule has 1 saturated heterocycles. The van der Waals surface area contributed by atoms with Crippen LogP contribution in [-0.2, 0) is 4.74 Å². The topological polar surface area (TPSA) is 36.3 Å². The van der Waals surface area contributed by atoms with Crippen LogP contribution in [0.15, 0.2) is 30.3 Å². The monoisotopic (exact) mass is 258 g/mol. The number of nitriles is 1. The first-order valence-corrected chi connectivity index (χ1v) is 7.09. The lowest BCUT2D eigenvalue weighted by molar-refractivity contribution is -0.0566. The molecule has 0 aromatic heterocycles. The Morgan fingerprint density at radius 1 is 1.32 bits per heavy atom. The summed E-state index contributed by atoms with van der Waals surface area (Å²) in [4.78, 5) is 2.50. The van der Waals surface area contributed by atoms with Gasteiger partial charge in [-0.25, -0.2) is 0 Å². The summed E-state index contributed by atoms with van der Waals surface area (Å²) in [5.41, 5.74) is 1.33. The molecule has 1 heterocycles. The summed E-state index contributed by atoms with van der Waals surface area (Å²) in [5.74, 6) is 0. The number of nitrogens with zero attached hydrogens (tertiary/aromatic N) is 2. The summed E-state index contributed by atoms with van der Waals surface area (Å²) >= 11 is 0. The summed E-state index contributed by atoms with van der Waals surface area (Å²) < 4.78 is 5.81. The zero-order valence-corrected chi connectivity index (χ0v) is 11.6. The second kappa shape index (κ2) is 7.28. The maximum absolute atomic E-state index is 8.59. The highest BCUT2D eigenvalue weighted by atomic mass is 16.5. The largest absolute Gasteiger partial charge is 0.375 e. The maximum Gasteiger partial charge on any atom is 0.0675 e. The van der Waals surface area contributed by atoms with Crippen LogP contribution in [0.5, 0.6) is 0 Å². The predicted octanol–water partition coefficient (Wildman–Crippen LogP) is 3.14. The van der Waals surface area contributed by atoms with Gasteiger partial charge in [0.15, 0.2) is 0 Å². The average molecular weight is 258 g/mol. The zero-order valence-electron chi connectivity index (χ0n) is 11.6. The first kappa shape index (κ1) is 14.0. The van der Waals surface area contributed by atoms with Crippen LogP contribution in [0.1, 0.15) is 37.8 Å². The minimum Gasteiger partial charge on any atom is -0.375 e. The highest BCUT2D eigenvalue weighted by molar-refractivity contribution is 5.19. The molecule has 0 N–H and O–H groups in total. The van der Waals surface area contributed by atoms with Crippen molar-refractivity contribution in [2.75, 3.05) is 19.7 Å². The molecular weight excluding hydrogens is 236 g/mol. The number of unbranched alkanes of at least 4 members (excludes halogenated alkanes) is 2. The quantitative estimate of drug-likeness (QED) is 0.761. The molecule has 1 aliphatic rings. The van der Waals surface area contributed by atoms with Gasteiger partial charge in [-0.05, 0) is 31.9 Å². The number of rotatable bonds is 5. The third-order valence-corrected chi connectivity index (χ3v) is 3.64. The smallest absolute Gasteiger partial charge is 0.0675 e. The van der Waals surface area contributed by atoms with Crippen molar-refractivity contribution in [2.24, 2.45) is 0 Å². The van der Waals surface area contributed by atoms with Crippen LogP contribution in [0.3, 0.4) is 0 Å². The zero-order chi connectivity index (χ0) is 13.5.